The maximum absolute atomic E-state index is 11.7. The van der Waals surface area contributed by atoms with Gasteiger partial charge in [0.05, 0.1) is 19.2 Å². The molecule has 0 aliphatic heterocycles. The number of nitrogens with one attached hydrogen (secondary N) is 1. The molecule has 2 aromatic rings. The molecule has 0 fully saturated rings. The molecule has 0 radical (unpaired) electrons. The number of hydrogen-bond acceptors (Lipinski definition) is 6. The Kier molecular flexibility index (Phi) is 4.83. The molecule has 0 aliphatic carbocycles. The SMILES string of the molecule is CCOC(=O)Cn1ncc(NC(=O)Cc2cccs2)n1. The van der Waals surface area contributed by atoms with Crippen LogP contribution in [0.3, 0.4) is 0 Å². The maximum Gasteiger partial charge on any atom is 0.329 e. The summed E-state index contributed by atoms with van der Waals surface area (Å²) in [6, 6.07) is 3.78. The van der Waals surface area contributed by atoms with Crippen molar-refractivity contribution in [3.05, 3.63) is 28.6 Å². The predicted molar refractivity (Wildman–Crippen MR) is 73.3 cm³/mol. The molecule has 0 saturated heterocycles. The van der Waals surface area contributed by atoms with Crippen molar-refractivity contribution in [2.75, 3.05) is 11.9 Å². The average Bonchev–Trinajstić information content (AvgIpc) is 3.02. The molecule has 7 nitrogen and oxygen atoms in total. The molecule has 0 saturated carbocycles. The van der Waals surface area contributed by atoms with Crippen molar-refractivity contribution in [1.82, 2.24) is 15.0 Å². The van der Waals surface area contributed by atoms with Crippen LogP contribution in [0.5, 0.6) is 0 Å². The summed E-state index contributed by atoms with van der Waals surface area (Å²) < 4.78 is 4.78. The Bertz CT molecular complexity index is 579. The average molecular weight is 294 g/mol. The second-order valence-corrected chi connectivity index (χ2v) is 4.90. The molecule has 1 amide bonds. The Balaban J connectivity index is 1.86. The van der Waals surface area contributed by atoms with Crippen molar-refractivity contribution in [1.29, 1.82) is 0 Å². The summed E-state index contributed by atoms with van der Waals surface area (Å²) in [6.07, 6.45) is 1.69. The maximum atomic E-state index is 11.7. The number of ether oxygens (including phenoxy) is 1. The molecular weight excluding hydrogens is 280 g/mol. The summed E-state index contributed by atoms with van der Waals surface area (Å²) in [6.45, 7) is 1.96. The van der Waals surface area contributed by atoms with Gasteiger partial charge in [0.2, 0.25) is 5.91 Å². The van der Waals surface area contributed by atoms with Crippen LogP contribution in [0.25, 0.3) is 0 Å². The molecule has 0 aromatic carbocycles. The molecule has 0 atom stereocenters. The predicted octanol–water partition coefficient (Wildman–Crippen LogP) is 1.08. The van der Waals surface area contributed by atoms with E-state index in [1.807, 2.05) is 17.5 Å². The fourth-order valence-corrected chi connectivity index (χ4v) is 2.21. The summed E-state index contributed by atoms with van der Waals surface area (Å²) >= 11 is 1.52. The number of carbonyl (C=O) groups excluding carboxylic acids is 2. The quantitative estimate of drug-likeness (QED) is 0.806. The Morgan fingerprint density at radius 3 is 3.05 bits per heavy atom. The Hall–Kier alpha value is -2.22. The standard InChI is InChI=1S/C12H14N4O3S/c1-2-19-12(18)8-16-13-7-10(15-16)14-11(17)6-9-4-3-5-20-9/h3-5,7H,2,6,8H2,1H3,(H,14,15,17). The molecule has 1 N–H and O–H groups in total. The minimum Gasteiger partial charge on any atom is -0.465 e. The number of nitrogens with zero attached hydrogens (tertiary/aromatic N) is 3. The van der Waals surface area contributed by atoms with Crippen molar-refractivity contribution < 1.29 is 14.3 Å². The van der Waals surface area contributed by atoms with E-state index in [0.717, 1.165) is 4.88 Å². The van der Waals surface area contributed by atoms with Crippen molar-refractivity contribution in [2.24, 2.45) is 0 Å². The highest BCUT2D eigenvalue weighted by Crippen LogP contribution is 2.10. The lowest BCUT2D eigenvalue weighted by atomic mass is 10.3. The van der Waals surface area contributed by atoms with E-state index in [4.69, 9.17) is 4.74 Å². The van der Waals surface area contributed by atoms with Crippen LogP contribution in [0.15, 0.2) is 23.7 Å². The summed E-state index contributed by atoms with van der Waals surface area (Å²) in [5.41, 5.74) is 0. The van der Waals surface area contributed by atoms with Gasteiger partial charge in [0.15, 0.2) is 12.4 Å². The highest BCUT2D eigenvalue weighted by Gasteiger charge is 2.10. The lowest BCUT2D eigenvalue weighted by molar-refractivity contribution is -0.144. The van der Waals surface area contributed by atoms with Gasteiger partial charge in [0, 0.05) is 4.88 Å². The van der Waals surface area contributed by atoms with Gasteiger partial charge in [-0.1, -0.05) is 6.07 Å². The van der Waals surface area contributed by atoms with E-state index in [2.05, 4.69) is 15.5 Å². The van der Waals surface area contributed by atoms with Gasteiger partial charge in [0.1, 0.15) is 0 Å². The van der Waals surface area contributed by atoms with E-state index in [1.54, 1.807) is 6.92 Å². The van der Waals surface area contributed by atoms with Crippen molar-refractivity contribution in [3.8, 4) is 0 Å². The second-order valence-electron chi connectivity index (χ2n) is 3.87. The van der Waals surface area contributed by atoms with Crippen molar-refractivity contribution in [3.63, 3.8) is 0 Å². The Labute approximate surface area is 119 Å². The third kappa shape index (κ3) is 4.16. The first kappa shape index (κ1) is 14.2. The van der Waals surface area contributed by atoms with Crippen LogP contribution in [-0.2, 0) is 27.3 Å². The summed E-state index contributed by atoms with van der Waals surface area (Å²) in [5, 5.41) is 12.4. The lowest BCUT2D eigenvalue weighted by Crippen LogP contribution is -2.17. The highest BCUT2D eigenvalue weighted by atomic mass is 32.1. The third-order valence-corrected chi connectivity index (χ3v) is 3.17. The van der Waals surface area contributed by atoms with Crippen LogP contribution in [-0.4, -0.2) is 33.5 Å². The first-order chi connectivity index (χ1) is 9.67. The van der Waals surface area contributed by atoms with Gasteiger partial charge < -0.3 is 10.1 Å². The van der Waals surface area contributed by atoms with Crippen LogP contribution < -0.4 is 5.32 Å². The van der Waals surface area contributed by atoms with E-state index in [9.17, 15) is 9.59 Å². The molecule has 2 aromatic heterocycles. The molecule has 2 heterocycles. The Morgan fingerprint density at radius 2 is 2.35 bits per heavy atom. The normalized spacial score (nSPS) is 10.2. The monoisotopic (exact) mass is 294 g/mol. The van der Waals surface area contributed by atoms with E-state index in [-0.39, 0.29) is 12.5 Å². The highest BCUT2D eigenvalue weighted by molar-refractivity contribution is 7.10. The third-order valence-electron chi connectivity index (χ3n) is 2.29. The molecule has 2 rings (SSSR count). The van der Waals surface area contributed by atoms with E-state index in [0.29, 0.717) is 18.8 Å². The van der Waals surface area contributed by atoms with Gasteiger partial charge in [0.25, 0.3) is 0 Å². The van der Waals surface area contributed by atoms with Gasteiger partial charge in [-0.15, -0.1) is 16.4 Å². The molecular formula is C12H14N4O3S. The zero-order chi connectivity index (χ0) is 14.4. The number of amides is 1. The fraction of sp³-hybridized carbons (Fsp3) is 0.333. The minimum absolute atomic E-state index is 0.0748. The van der Waals surface area contributed by atoms with Crippen LogP contribution in [0.2, 0.25) is 0 Å². The summed E-state index contributed by atoms with van der Waals surface area (Å²) in [5.74, 6) is -0.272. The zero-order valence-electron chi connectivity index (χ0n) is 10.9. The van der Waals surface area contributed by atoms with E-state index >= 15 is 0 Å². The topological polar surface area (TPSA) is 86.1 Å². The summed E-state index contributed by atoms with van der Waals surface area (Å²) in [7, 11) is 0. The molecule has 106 valence electrons. The molecule has 8 heteroatoms. The van der Waals surface area contributed by atoms with Gasteiger partial charge in [-0.25, -0.2) is 4.79 Å². The number of esters is 1. The zero-order valence-corrected chi connectivity index (χ0v) is 11.7. The van der Waals surface area contributed by atoms with Crippen LogP contribution in [0.1, 0.15) is 11.8 Å². The largest absolute Gasteiger partial charge is 0.465 e. The van der Waals surface area contributed by atoms with Gasteiger partial charge in [-0.3, -0.25) is 4.79 Å². The first-order valence-electron chi connectivity index (χ1n) is 6.05. The van der Waals surface area contributed by atoms with Crippen molar-refractivity contribution in [2.45, 2.75) is 19.9 Å². The number of aromatic nitrogens is 3. The number of hydrogen-bond donors (Lipinski definition) is 1. The first-order valence-corrected chi connectivity index (χ1v) is 6.93. The molecule has 0 bridgehead atoms. The number of rotatable bonds is 6. The molecule has 0 unspecified atom stereocenters. The van der Waals surface area contributed by atoms with Crippen LogP contribution >= 0.6 is 11.3 Å². The summed E-state index contributed by atoms with van der Waals surface area (Å²) in [4.78, 5) is 25.1. The Morgan fingerprint density at radius 1 is 1.50 bits per heavy atom. The molecule has 20 heavy (non-hydrogen) atoms. The van der Waals surface area contributed by atoms with Gasteiger partial charge in [-0.2, -0.15) is 9.90 Å². The van der Waals surface area contributed by atoms with Crippen LogP contribution in [0.4, 0.5) is 5.82 Å². The van der Waals surface area contributed by atoms with Gasteiger partial charge >= 0.3 is 5.97 Å². The second kappa shape index (κ2) is 6.80. The minimum atomic E-state index is -0.417. The molecule has 0 spiro atoms. The van der Waals surface area contributed by atoms with E-state index in [1.165, 1.54) is 22.3 Å². The smallest absolute Gasteiger partial charge is 0.329 e. The molecule has 0 aliphatic rings. The number of anilines is 1. The fourth-order valence-electron chi connectivity index (χ4n) is 1.51. The van der Waals surface area contributed by atoms with Gasteiger partial charge in [-0.05, 0) is 18.4 Å². The van der Waals surface area contributed by atoms with Crippen molar-refractivity contribution >= 4 is 29.0 Å². The van der Waals surface area contributed by atoms with E-state index < -0.39 is 5.97 Å². The number of carbonyl (C=O) groups is 2. The lowest BCUT2D eigenvalue weighted by Gasteiger charge is -2.01. The number of thiophene rings is 1. The van der Waals surface area contributed by atoms with Crippen LogP contribution in [0, 0.1) is 0 Å².